The van der Waals surface area contributed by atoms with Crippen LogP contribution in [-0.2, 0) is 6.54 Å². The van der Waals surface area contributed by atoms with Crippen molar-refractivity contribution in [2.75, 3.05) is 0 Å². The molecule has 2 aromatic carbocycles. The second-order valence-corrected chi connectivity index (χ2v) is 5.79. The predicted molar refractivity (Wildman–Crippen MR) is 86.7 cm³/mol. The molecule has 0 amide bonds. The molecule has 5 heteroatoms. The van der Waals surface area contributed by atoms with Crippen LogP contribution < -0.4 is 0 Å². The molecule has 0 atom stereocenters. The minimum atomic E-state index is -1.02. The smallest absolute Gasteiger partial charge is 0.357 e. The predicted octanol–water partition coefficient (Wildman–Crippen LogP) is 4.05. The Morgan fingerprint density at radius 1 is 1.27 bits per heavy atom. The summed E-state index contributed by atoms with van der Waals surface area (Å²) >= 11 is 6.20. The van der Waals surface area contributed by atoms with Gasteiger partial charge in [-0.3, -0.25) is 4.68 Å². The lowest BCUT2D eigenvalue weighted by Crippen LogP contribution is -2.05. The molecule has 0 unspecified atom stereocenters. The van der Waals surface area contributed by atoms with E-state index >= 15 is 0 Å². The van der Waals surface area contributed by atoms with E-state index in [1.165, 1.54) is 0 Å². The summed E-state index contributed by atoms with van der Waals surface area (Å²) in [4.78, 5) is 11.5. The van der Waals surface area contributed by atoms with Crippen molar-refractivity contribution in [1.29, 1.82) is 0 Å². The Morgan fingerprint density at radius 2 is 2.00 bits per heavy atom. The Bertz CT molecular complexity index is 884. The SMILES string of the molecule is Cc1cc(C)c2c(c1)c(C(=O)O)nn2Cc1ccccc1Cl. The summed E-state index contributed by atoms with van der Waals surface area (Å²) in [7, 11) is 0. The van der Waals surface area contributed by atoms with Crippen molar-refractivity contribution in [2.24, 2.45) is 0 Å². The second kappa shape index (κ2) is 5.46. The largest absolute Gasteiger partial charge is 0.476 e. The van der Waals surface area contributed by atoms with Gasteiger partial charge in [-0.05, 0) is 37.1 Å². The molecule has 0 fully saturated rings. The first-order valence-electron chi connectivity index (χ1n) is 6.92. The van der Waals surface area contributed by atoms with Crippen molar-refractivity contribution in [3.63, 3.8) is 0 Å². The zero-order valence-corrected chi connectivity index (χ0v) is 13.1. The molecule has 0 spiro atoms. The molecule has 3 aromatic rings. The third kappa shape index (κ3) is 2.46. The highest BCUT2D eigenvalue weighted by Crippen LogP contribution is 2.26. The van der Waals surface area contributed by atoms with E-state index in [0.717, 1.165) is 22.2 Å². The maximum absolute atomic E-state index is 11.5. The number of hydrogen-bond acceptors (Lipinski definition) is 2. The number of carbonyl (C=O) groups is 1. The van der Waals surface area contributed by atoms with Crippen LogP contribution in [0, 0.1) is 13.8 Å². The molecule has 0 aliphatic rings. The standard InChI is InChI=1S/C17H15ClN2O2/c1-10-7-11(2)16-13(8-10)15(17(21)22)19-20(16)9-12-5-3-4-6-14(12)18/h3-8H,9H2,1-2H3,(H,21,22). The summed E-state index contributed by atoms with van der Waals surface area (Å²) < 4.78 is 1.72. The van der Waals surface area contributed by atoms with E-state index in [1.807, 2.05) is 50.2 Å². The van der Waals surface area contributed by atoms with Crippen LogP contribution >= 0.6 is 11.6 Å². The number of hydrogen-bond donors (Lipinski definition) is 1. The monoisotopic (exact) mass is 314 g/mol. The maximum Gasteiger partial charge on any atom is 0.357 e. The first-order valence-corrected chi connectivity index (χ1v) is 7.29. The Hall–Kier alpha value is -2.33. The quantitative estimate of drug-likeness (QED) is 0.793. The number of aryl methyl sites for hydroxylation is 2. The summed E-state index contributed by atoms with van der Waals surface area (Å²) in [6.07, 6.45) is 0. The van der Waals surface area contributed by atoms with Crippen LogP contribution in [0.4, 0.5) is 0 Å². The third-order valence-electron chi connectivity index (χ3n) is 3.66. The molecule has 0 aliphatic carbocycles. The van der Waals surface area contributed by atoms with Gasteiger partial charge in [0.05, 0.1) is 12.1 Å². The van der Waals surface area contributed by atoms with Gasteiger partial charge in [-0.1, -0.05) is 41.4 Å². The van der Waals surface area contributed by atoms with E-state index in [4.69, 9.17) is 11.6 Å². The van der Waals surface area contributed by atoms with Crippen LogP contribution in [0.15, 0.2) is 36.4 Å². The topological polar surface area (TPSA) is 55.1 Å². The Morgan fingerprint density at radius 3 is 2.68 bits per heavy atom. The molecule has 1 N–H and O–H groups in total. The minimum absolute atomic E-state index is 0.0776. The van der Waals surface area contributed by atoms with Gasteiger partial charge >= 0.3 is 5.97 Å². The highest BCUT2D eigenvalue weighted by atomic mass is 35.5. The fourth-order valence-corrected chi connectivity index (χ4v) is 2.96. The number of aromatic carboxylic acids is 1. The maximum atomic E-state index is 11.5. The minimum Gasteiger partial charge on any atom is -0.476 e. The van der Waals surface area contributed by atoms with Gasteiger partial charge in [-0.2, -0.15) is 5.10 Å². The van der Waals surface area contributed by atoms with Crippen molar-refractivity contribution in [3.8, 4) is 0 Å². The number of carboxylic acids is 1. The van der Waals surface area contributed by atoms with Gasteiger partial charge in [0.2, 0.25) is 0 Å². The summed E-state index contributed by atoms with van der Waals surface area (Å²) in [5.74, 6) is -1.02. The van der Waals surface area contributed by atoms with Crippen molar-refractivity contribution in [2.45, 2.75) is 20.4 Å². The normalized spacial score (nSPS) is 11.0. The van der Waals surface area contributed by atoms with Crippen LogP contribution in [0.2, 0.25) is 5.02 Å². The summed E-state index contributed by atoms with van der Waals surface area (Å²) in [5, 5.41) is 15.0. The zero-order valence-electron chi connectivity index (χ0n) is 12.3. The molecular weight excluding hydrogens is 300 g/mol. The molecule has 0 aliphatic heterocycles. The van der Waals surface area contributed by atoms with Gasteiger partial charge in [0.25, 0.3) is 0 Å². The summed E-state index contributed by atoms with van der Waals surface area (Å²) in [6, 6.07) is 11.4. The average Bonchev–Trinajstić information content (AvgIpc) is 2.80. The van der Waals surface area contributed by atoms with Crippen LogP contribution in [0.3, 0.4) is 0 Å². The highest BCUT2D eigenvalue weighted by molar-refractivity contribution is 6.31. The third-order valence-corrected chi connectivity index (χ3v) is 4.03. The van der Waals surface area contributed by atoms with Gasteiger partial charge < -0.3 is 5.11 Å². The lowest BCUT2D eigenvalue weighted by molar-refractivity contribution is 0.0691. The van der Waals surface area contributed by atoms with E-state index in [-0.39, 0.29) is 5.69 Å². The van der Waals surface area contributed by atoms with Crippen molar-refractivity contribution < 1.29 is 9.90 Å². The molecule has 1 heterocycles. The molecule has 1 aromatic heterocycles. The van der Waals surface area contributed by atoms with E-state index < -0.39 is 5.97 Å². The van der Waals surface area contributed by atoms with Crippen LogP contribution in [0.5, 0.6) is 0 Å². The van der Waals surface area contributed by atoms with E-state index in [0.29, 0.717) is 17.0 Å². The van der Waals surface area contributed by atoms with Crippen molar-refractivity contribution in [1.82, 2.24) is 9.78 Å². The fourth-order valence-electron chi connectivity index (χ4n) is 2.77. The van der Waals surface area contributed by atoms with Gasteiger partial charge in [-0.15, -0.1) is 0 Å². The highest BCUT2D eigenvalue weighted by Gasteiger charge is 2.18. The van der Waals surface area contributed by atoms with Crippen LogP contribution in [0.1, 0.15) is 27.2 Å². The molecule has 0 saturated carbocycles. The van der Waals surface area contributed by atoms with E-state index in [9.17, 15) is 9.90 Å². The number of halogens is 1. The fraction of sp³-hybridized carbons (Fsp3) is 0.176. The lowest BCUT2D eigenvalue weighted by Gasteiger charge is -2.08. The Kier molecular flexibility index (Phi) is 3.62. The van der Waals surface area contributed by atoms with Gasteiger partial charge in [-0.25, -0.2) is 4.79 Å². The number of benzene rings is 2. The number of nitrogens with zero attached hydrogens (tertiary/aromatic N) is 2. The number of fused-ring (bicyclic) bond motifs is 1. The zero-order chi connectivity index (χ0) is 15.9. The first-order chi connectivity index (χ1) is 10.5. The molecule has 4 nitrogen and oxygen atoms in total. The van der Waals surface area contributed by atoms with Crippen molar-refractivity contribution in [3.05, 3.63) is 63.8 Å². The van der Waals surface area contributed by atoms with Crippen molar-refractivity contribution >= 4 is 28.5 Å². The van der Waals surface area contributed by atoms with Gasteiger partial charge in [0.15, 0.2) is 5.69 Å². The molecule has 22 heavy (non-hydrogen) atoms. The molecule has 0 bridgehead atoms. The number of carboxylic acid groups (broad SMARTS) is 1. The Labute approximate surface area is 132 Å². The molecular formula is C17H15ClN2O2. The molecule has 0 saturated heterocycles. The summed E-state index contributed by atoms with van der Waals surface area (Å²) in [5.41, 5.74) is 3.84. The van der Waals surface area contributed by atoms with Crippen LogP contribution in [-0.4, -0.2) is 20.9 Å². The van der Waals surface area contributed by atoms with Gasteiger partial charge in [0.1, 0.15) is 0 Å². The molecule has 0 radical (unpaired) electrons. The average molecular weight is 315 g/mol. The second-order valence-electron chi connectivity index (χ2n) is 5.38. The number of aromatic nitrogens is 2. The van der Waals surface area contributed by atoms with E-state index in [2.05, 4.69) is 5.10 Å². The molecule has 112 valence electrons. The molecule has 3 rings (SSSR count). The number of rotatable bonds is 3. The summed E-state index contributed by atoms with van der Waals surface area (Å²) in [6.45, 7) is 4.35. The van der Waals surface area contributed by atoms with Crippen LogP contribution in [0.25, 0.3) is 10.9 Å². The first kappa shape index (κ1) is 14.6. The lowest BCUT2D eigenvalue weighted by atomic mass is 10.1. The van der Waals surface area contributed by atoms with Gasteiger partial charge in [0, 0.05) is 10.4 Å². The Balaban J connectivity index is 2.22. The van der Waals surface area contributed by atoms with E-state index in [1.54, 1.807) is 4.68 Å².